The van der Waals surface area contributed by atoms with E-state index >= 15 is 0 Å². The Bertz CT molecular complexity index is 842. The van der Waals surface area contributed by atoms with E-state index in [9.17, 15) is 13.2 Å². The van der Waals surface area contributed by atoms with E-state index in [1.165, 1.54) is 0 Å². The van der Waals surface area contributed by atoms with Gasteiger partial charge in [-0.3, -0.25) is 14.1 Å². The summed E-state index contributed by atoms with van der Waals surface area (Å²) < 4.78 is 30.9. The molecule has 24 heavy (non-hydrogen) atoms. The van der Waals surface area contributed by atoms with Crippen LogP contribution in [0, 0.1) is 0 Å². The first kappa shape index (κ1) is 16.7. The number of amides is 1. The van der Waals surface area contributed by atoms with Crippen LogP contribution >= 0.6 is 0 Å². The molecular weight excluding hydrogens is 330 g/mol. The molecule has 8 heteroatoms. The standard InChI is InChI=1S/C16H19N3O4S/c1-24(21,22)19(12-15(20)18-8-10-23-11-9-18)14-6-2-4-13-5-3-7-17-16(13)14/h2-7H,8-12H2,1H3. The molecule has 1 fully saturated rings. The third-order valence-electron chi connectivity index (χ3n) is 3.92. The van der Waals surface area contributed by atoms with Crippen LogP contribution in [-0.4, -0.2) is 63.3 Å². The van der Waals surface area contributed by atoms with Gasteiger partial charge in [0.05, 0.1) is 30.7 Å². The quantitative estimate of drug-likeness (QED) is 0.818. The van der Waals surface area contributed by atoms with E-state index in [2.05, 4.69) is 4.98 Å². The molecule has 0 aliphatic carbocycles. The number of aromatic nitrogens is 1. The van der Waals surface area contributed by atoms with Crippen molar-refractivity contribution in [2.75, 3.05) is 43.4 Å². The van der Waals surface area contributed by atoms with Crippen molar-refractivity contribution in [2.45, 2.75) is 0 Å². The van der Waals surface area contributed by atoms with Crippen molar-refractivity contribution in [3.63, 3.8) is 0 Å². The lowest BCUT2D eigenvalue weighted by atomic mass is 10.2. The number of morpholine rings is 1. The monoisotopic (exact) mass is 349 g/mol. The normalized spacial score (nSPS) is 15.5. The van der Waals surface area contributed by atoms with Gasteiger partial charge in [-0.2, -0.15) is 0 Å². The summed E-state index contributed by atoms with van der Waals surface area (Å²) in [4.78, 5) is 18.4. The van der Waals surface area contributed by atoms with Crippen molar-refractivity contribution in [3.8, 4) is 0 Å². The zero-order valence-corrected chi connectivity index (χ0v) is 14.2. The number of rotatable bonds is 4. The molecule has 1 aromatic carbocycles. The summed E-state index contributed by atoms with van der Waals surface area (Å²) in [5.74, 6) is -0.239. The molecule has 2 heterocycles. The lowest BCUT2D eigenvalue weighted by Crippen LogP contribution is -2.47. The fourth-order valence-corrected chi connectivity index (χ4v) is 3.56. The average Bonchev–Trinajstić information content (AvgIpc) is 2.59. The van der Waals surface area contributed by atoms with E-state index in [1.54, 1.807) is 29.3 Å². The van der Waals surface area contributed by atoms with Gasteiger partial charge in [-0.1, -0.05) is 18.2 Å². The highest BCUT2D eigenvalue weighted by molar-refractivity contribution is 7.92. The Morgan fingerprint density at radius 3 is 2.67 bits per heavy atom. The summed E-state index contributed by atoms with van der Waals surface area (Å²) in [5.41, 5.74) is 0.970. The first-order valence-electron chi connectivity index (χ1n) is 7.64. The van der Waals surface area contributed by atoms with Gasteiger partial charge in [0, 0.05) is 24.7 Å². The van der Waals surface area contributed by atoms with E-state index in [0.717, 1.165) is 15.9 Å². The second-order valence-corrected chi connectivity index (χ2v) is 7.52. The molecule has 0 bridgehead atoms. The second kappa shape index (κ2) is 6.74. The number of carbonyl (C=O) groups excluding carboxylic acids is 1. The summed E-state index contributed by atoms with van der Waals surface area (Å²) in [6.45, 7) is 1.66. The Kier molecular flexibility index (Phi) is 4.68. The van der Waals surface area contributed by atoms with Gasteiger partial charge in [0.15, 0.2) is 0 Å². The van der Waals surface area contributed by atoms with Crippen molar-refractivity contribution in [1.82, 2.24) is 9.88 Å². The highest BCUT2D eigenvalue weighted by Crippen LogP contribution is 2.26. The van der Waals surface area contributed by atoms with Crippen LogP contribution in [0.25, 0.3) is 10.9 Å². The first-order chi connectivity index (χ1) is 11.5. The summed E-state index contributed by atoms with van der Waals surface area (Å²) >= 11 is 0. The summed E-state index contributed by atoms with van der Waals surface area (Å²) in [5, 5.41) is 0.822. The Labute approximate surface area is 140 Å². The summed E-state index contributed by atoms with van der Waals surface area (Å²) in [7, 11) is -3.63. The number of pyridine rings is 1. The molecule has 0 spiro atoms. The Morgan fingerprint density at radius 2 is 1.96 bits per heavy atom. The molecule has 128 valence electrons. The Morgan fingerprint density at radius 1 is 1.25 bits per heavy atom. The fraction of sp³-hybridized carbons (Fsp3) is 0.375. The Balaban J connectivity index is 1.96. The summed E-state index contributed by atoms with van der Waals surface area (Å²) in [6.07, 6.45) is 2.71. The molecule has 1 aromatic heterocycles. The molecule has 1 saturated heterocycles. The number of ether oxygens (including phenoxy) is 1. The minimum absolute atomic E-state index is 0.239. The smallest absolute Gasteiger partial charge is 0.243 e. The number of anilines is 1. The number of sulfonamides is 1. The van der Waals surface area contributed by atoms with Crippen LogP contribution in [-0.2, 0) is 19.6 Å². The molecule has 1 aliphatic rings. The molecule has 7 nitrogen and oxygen atoms in total. The number of benzene rings is 1. The van der Waals surface area contributed by atoms with Crippen molar-refractivity contribution >= 4 is 32.5 Å². The maximum absolute atomic E-state index is 12.5. The predicted octanol–water partition coefficient (Wildman–Crippen LogP) is 0.860. The van der Waals surface area contributed by atoms with Crippen LogP contribution in [0.2, 0.25) is 0 Å². The van der Waals surface area contributed by atoms with E-state index < -0.39 is 10.0 Å². The third-order valence-corrected chi connectivity index (χ3v) is 5.05. The van der Waals surface area contributed by atoms with Crippen LogP contribution in [0.5, 0.6) is 0 Å². The average molecular weight is 349 g/mol. The van der Waals surface area contributed by atoms with E-state index in [0.29, 0.717) is 37.5 Å². The molecule has 0 unspecified atom stereocenters. The number of para-hydroxylation sites is 1. The van der Waals surface area contributed by atoms with Crippen LogP contribution in [0.1, 0.15) is 0 Å². The maximum atomic E-state index is 12.5. The zero-order chi connectivity index (χ0) is 17.2. The van der Waals surface area contributed by atoms with Gasteiger partial charge in [-0.25, -0.2) is 8.42 Å². The fourth-order valence-electron chi connectivity index (χ4n) is 2.71. The molecule has 0 saturated carbocycles. The molecular formula is C16H19N3O4S. The largest absolute Gasteiger partial charge is 0.378 e. The highest BCUT2D eigenvalue weighted by atomic mass is 32.2. The van der Waals surface area contributed by atoms with Gasteiger partial charge in [0.1, 0.15) is 6.54 Å². The SMILES string of the molecule is CS(=O)(=O)N(CC(=O)N1CCOCC1)c1cccc2cccnc12. The number of hydrogen-bond donors (Lipinski definition) is 0. The van der Waals surface area contributed by atoms with Gasteiger partial charge in [0.25, 0.3) is 0 Å². The van der Waals surface area contributed by atoms with Crippen LogP contribution in [0.4, 0.5) is 5.69 Å². The Hall–Kier alpha value is -2.19. The van der Waals surface area contributed by atoms with Crippen LogP contribution in [0.3, 0.4) is 0 Å². The molecule has 0 N–H and O–H groups in total. The van der Waals surface area contributed by atoms with Crippen molar-refractivity contribution < 1.29 is 17.9 Å². The first-order valence-corrected chi connectivity index (χ1v) is 9.48. The topological polar surface area (TPSA) is 79.8 Å². The maximum Gasteiger partial charge on any atom is 0.243 e. The van der Waals surface area contributed by atoms with E-state index in [1.807, 2.05) is 12.1 Å². The molecule has 2 aromatic rings. The van der Waals surface area contributed by atoms with E-state index in [-0.39, 0.29) is 12.5 Å². The minimum atomic E-state index is -3.63. The lowest BCUT2D eigenvalue weighted by Gasteiger charge is -2.30. The molecule has 0 atom stereocenters. The lowest BCUT2D eigenvalue weighted by molar-refractivity contribution is -0.133. The molecule has 0 radical (unpaired) electrons. The molecule has 1 aliphatic heterocycles. The van der Waals surface area contributed by atoms with Gasteiger partial charge >= 0.3 is 0 Å². The predicted molar refractivity (Wildman–Crippen MR) is 91.3 cm³/mol. The van der Waals surface area contributed by atoms with Gasteiger partial charge in [0.2, 0.25) is 15.9 Å². The number of fused-ring (bicyclic) bond motifs is 1. The van der Waals surface area contributed by atoms with Crippen LogP contribution < -0.4 is 4.31 Å². The summed E-state index contributed by atoms with van der Waals surface area (Å²) in [6, 6.07) is 8.93. The van der Waals surface area contributed by atoms with Gasteiger partial charge in [-0.05, 0) is 12.1 Å². The minimum Gasteiger partial charge on any atom is -0.378 e. The molecule has 3 rings (SSSR count). The van der Waals surface area contributed by atoms with Crippen molar-refractivity contribution in [2.24, 2.45) is 0 Å². The molecule has 1 amide bonds. The number of nitrogens with zero attached hydrogens (tertiary/aromatic N) is 3. The highest BCUT2D eigenvalue weighted by Gasteiger charge is 2.26. The van der Waals surface area contributed by atoms with Gasteiger partial charge < -0.3 is 9.64 Å². The zero-order valence-electron chi connectivity index (χ0n) is 13.4. The van der Waals surface area contributed by atoms with Crippen molar-refractivity contribution in [1.29, 1.82) is 0 Å². The van der Waals surface area contributed by atoms with E-state index in [4.69, 9.17) is 4.74 Å². The van der Waals surface area contributed by atoms with Crippen molar-refractivity contribution in [3.05, 3.63) is 36.5 Å². The second-order valence-electron chi connectivity index (χ2n) is 5.62. The number of carbonyl (C=O) groups is 1. The third kappa shape index (κ3) is 3.49. The number of hydrogen-bond acceptors (Lipinski definition) is 5. The van der Waals surface area contributed by atoms with Gasteiger partial charge in [-0.15, -0.1) is 0 Å². The van der Waals surface area contributed by atoms with Crippen LogP contribution in [0.15, 0.2) is 36.5 Å².